The van der Waals surface area contributed by atoms with Crippen LogP contribution in [0.1, 0.15) is 30.9 Å². The minimum atomic E-state index is -0.644. The molecule has 28 heavy (non-hydrogen) atoms. The zero-order valence-corrected chi connectivity index (χ0v) is 15.7. The van der Waals surface area contributed by atoms with Gasteiger partial charge in [0.1, 0.15) is 17.4 Å². The van der Waals surface area contributed by atoms with Crippen LogP contribution in [0.5, 0.6) is 5.75 Å². The number of amides is 1. The molecule has 0 bridgehead atoms. The van der Waals surface area contributed by atoms with Crippen molar-refractivity contribution in [1.82, 2.24) is 15.1 Å². The van der Waals surface area contributed by atoms with E-state index in [1.165, 1.54) is 23.7 Å². The zero-order chi connectivity index (χ0) is 20.5. The number of hydrogen-bond acceptors (Lipinski definition) is 3. The lowest BCUT2D eigenvalue weighted by molar-refractivity contribution is -0.118. The molecule has 5 nitrogen and oxygen atoms in total. The van der Waals surface area contributed by atoms with Crippen molar-refractivity contribution in [2.45, 2.75) is 26.3 Å². The molecule has 7 heteroatoms. The number of aromatic nitrogens is 2. The van der Waals surface area contributed by atoms with Gasteiger partial charge in [-0.1, -0.05) is 12.2 Å². The summed E-state index contributed by atoms with van der Waals surface area (Å²) in [4.78, 5) is 10.8. The Morgan fingerprint density at radius 3 is 2.64 bits per heavy atom. The third kappa shape index (κ3) is 6.54. The number of benzene rings is 1. The standard InChI is InChI=1S/C19H21F2N3O2.C2H2/c1-13(25)22-6-2-3-15-9-23-24(10-15)11-17-18(20)7-16(8-19(17)21)26-12-14-4-5-14;1-2/h2-3,7-10,14H,4-6,11-12H2,1H3,(H,22,25);1-2H/b3-2+;. The number of carbonyl (C=O) groups excluding carboxylic acids is 1. The summed E-state index contributed by atoms with van der Waals surface area (Å²) >= 11 is 0. The normalized spacial score (nSPS) is 13.0. The molecule has 148 valence electrons. The van der Waals surface area contributed by atoms with Crippen LogP contribution in [0.15, 0.2) is 30.6 Å². The molecule has 0 aliphatic heterocycles. The van der Waals surface area contributed by atoms with Gasteiger partial charge in [-0.05, 0) is 18.8 Å². The molecular weight excluding hydrogens is 364 g/mol. The van der Waals surface area contributed by atoms with E-state index in [0.29, 0.717) is 19.1 Å². The van der Waals surface area contributed by atoms with Gasteiger partial charge in [0.05, 0.1) is 19.3 Å². The first-order valence-electron chi connectivity index (χ1n) is 8.89. The molecule has 1 aromatic heterocycles. The molecule has 0 unspecified atom stereocenters. The number of hydrogen-bond donors (Lipinski definition) is 1. The van der Waals surface area contributed by atoms with Gasteiger partial charge < -0.3 is 10.1 Å². The molecule has 1 N–H and O–H groups in total. The van der Waals surface area contributed by atoms with Crippen molar-refractivity contribution < 1.29 is 18.3 Å². The second kappa shape index (κ2) is 10.3. The van der Waals surface area contributed by atoms with E-state index in [9.17, 15) is 13.6 Å². The van der Waals surface area contributed by atoms with Crippen LogP contribution in [0.2, 0.25) is 0 Å². The topological polar surface area (TPSA) is 56.2 Å². The van der Waals surface area contributed by atoms with E-state index in [2.05, 4.69) is 23.3 Å². The highest BCUT2D eigenvalue weighted by Crippen LogP contribution is 2.30. The number of nitrogens with one attached hydrogen (secondary N) is 1. The molecule has 1 fully saturated rings. The first-order chi connectivity index (χ1) is 13.5. The van der Waals surface area contributed by atoms with Crippen LogP contribution in [0.4, 0.5) is 8.78 Å². The smallest absolute Gasteiger partial charge is 0.217 e. The van der Waals surface area contributed by atoms with E-state index in [1.54, 1.807) is 24.5 Å². The summed E-state index contributed by atoms with van der Waals surface area (Å²) in [5, 5.41) is 6.75. The summed E-state index contributed by atoms with van der Waals surface area (Å²) < 4.78 is 35.4. The van der Waals surface area contributed by atoms with E-state index in [-0.39, 0.29) is 23.8 Å². The lowest BCUT2D eigenvalue weighted by Crippen LogP contribution is -2.19. The maximum atomic E-state index is 14.3. The molecule has 0 saturated heterocycles. The maximum absolute atomic E-state index is 14.3. The van der Waals surface area contributed by atoms with Crippen molar-refractivity contribution in [3.8, 4) is 18.6 Å². The summed E-state index contributed by atoms with van der Waals surface area (Å²) in [5.74, 6) is -0.663. The Labute approximate surface area is 163 Å². The number of terminal acetylenes is 1. The highest BCUT2D eigenvalue weighted by atomic mass is 19.1. The molecule has 0 radical (unpaired) electrons. The highest BCUT2D eigenvalue weighted by Gasteiger charge is 2.22. The Hall–Kier alpha value is -3.14. The molecule has 3 rings (SSSR count). The fourth-order valence-electron chi connectivity index (χ4n) is 2.42. The molecule has 1 aliphatic rings. The molecule has 0 spiro atoms. The fraction of sp³-hybridized carbons (Fsp3) is 0.333. The Bertz CT molecular complexity index is 831. The Kier molecular flexibility index (Phi) is 7.76. The van der Waals surface area contributed by atoms with Crippen LogP contribution in [-0.2, 0) is 11.3 Å². The van der Waals surface area contributed by atoms with Crippen LogP contribution in [-0.4, -0.2) is 28.8 Å². The lowest BCUT2D eigenvalue weighted by Gasteiger charge is -2.10. The second-order valence-electron chi connectivity index (χ2n) is 6.43. The van der Waals surface area contributed by atoms with Crippen molar-refractivity contribution in [2.75, 3.05) is 13.2 Å². The van der Waals surface area contributed by atoms with E-state index in [0.717, 1.165) is 18.4 Å². The van der Waals surface area contributed by atoms with Crippen LogP contribution in [0.3, 0.4) is 0 Å². The average Bonchev–Trinajstić information content (AvgIpc) is 3.39. The van der Waals surface area contributed by atoms with Crippen molar-refractivity contribution >= 4 is 12.0 Å². The van der Waals surface area contributed by atoms with Gasteiger partial charge in [0.15, 0.2) is 0 Å². The largest absolute Gasteiger partial charge is 0.493 e. The summed E-state index contributed by atoms with van der Waals surface area (Å²) in [7, 11) is 0. The highest BCUT2D eigenvalue weighted by molar-refractivity contribution is 5.73. The molecule has 1 saturated carbocycles. The van der Waals surface area contributed by atoms with Crippen LogP contribution >= 0.6 is 0 Å². The predicted molar refractivity (Wildman–Crippen MR) is 104 cm³/mol. The molecular formula is C21H23F2N3O2. The van der Waals surface area contributed by atoms with E-state index in [4.69, 9.17) is 4.74 Å². The number of ether oxygens (including phenoxy) is 1. The van der Waals surface area contributed by atoms with Gasteiger partial charge in [0, 0.05) is 42.9 Å². The van der Waals surface area contributed by atoms with Crippen LogP contribution in [0.25, 0.3) is 6.08 Å². The van der Waals surface area contributed by atoms with Crippen LogP contribution < -0.4 is 10.1 Å². The van der Waals surface area contributed by atoms with E-state index >= 15 is 0 Å². The SMILES string of the molecule is C#C.CC(=O)NC/C=C/c1cnn(Cc2c(F)cc(OCC3CC3)cc2F)c1. The quantitative estimate of drug-likeness (QED) is 0.707. The number of carbonyl (C=O) groups is 1. The molecule has 1 aliphatic carbocycles. The Balaban J connectivity index is 0.00000136. The summed E-state index contributed by atoms with van der Waals surface area (Å²) in [6, 6.07) is 2.44. The first-order valence-corrected chi connectivity index (χ1v) is 8.89. The number of rotatable bonds is 8. The third-order valence-corrected chi connectivity index (χ3v) is 4.05. The molecule has 0 atom stereocenters. The third-order valence-electron chi connectivity index (χ3n) is 4.05. The second-order valence-corrected chi connectivity index (χ2v) is 6.43. The monoisotopic (exact) mass is 387 g/mol. The first kappa shape index (κ1) is 21.2. The number of halogens is 2. The van der Waals surface area contributed by atoms with Gasteiger partial charge in [-0.3, -0.25) is 9.48 Å². The lowest BCUT2D eigenvalue weighted by atomic mass is 10.2. The van der Waals surface area contributed by atoms with E-state index in [1.807, 2.05) is 0 Å². The van der Waals surface area contributed by atoms with Gasteiger partial charge >= 0.3 is 0 Å². The van der Waals surface area contributed by atoms with Gasteiger partial charge in [-0.2, -0.15) is 5.10 Å². The predicted octanol–water partition coefficient (Wildman–Crippen LogP) is 3.40. The molecule has 2 aromatic rings. The Morgan fingerprint density at radius 1 is 1.36 bits per heavy atom. The van der Waals surface area contributed by atoms with Crippen molar-refractivity contribution in [3.05, 3.63) is 53.4 Å². The fourth-order valence-corrected chi connectivity index (χ4v) is 2.42. The van der Waals surface area contributed by atoms with Gasteiger partial charge in [-0.25, -0.2) is 8.78 Å². The summed E-state index contributed by atoms with van der Waals surface area (Å²) in [6.07, 6.45) is 17.1. The van der Waals surface area contributed by atoms with Gasteiger partial charge in [0.25, 0.3) is 0 Å². The zero-order valence-electron chi connectivity index (χ0n) is 15.7. The van der Waals surface area contributed by atoms with E-state index < -0.39 is 11.6 Å². The minimum Gasteiger partial charge on any atom is -0.493 e. The summed E-state index contributed by atoms with van der Waals surface area (Å²) in [5.41, 5.74) is 0.723. The van der Waals surface area contributed by atoms with Gasteiger partial charge in [-0.15, -0.1) is 12.8 Å². The maximum Gasteiger partial charge on any atom is 0.217 e. The van der Waals surface area contributed by atoms with Crippen LogP contribution in [0, 0.1) is 30.4 Å². The van der Waals surface area contributed by atoms with Gasteiger partial charge in [0.2, 0.25) is 5.91 Å². The van der Waals surface area contributed by atoms with Crippen molar-refractivity contribution in [2.24, 2.45) is 5.92 Å². The van der Waals surface area contributed by atoms with Crippen molar-refractivity contribution in [3.63, 3.8) is 0 Å². The molecule has 1 heterocycles. The van der Waals surface area contributed by atoms with Crippen molar-refractivity contribution in [1.29, 1.82) is 0 Å². The summed E-state index contributed by atoms with van der Waals surface area (Å²) in [6.45, 7) is 2.34. The molecule has 1 amide bonds. The minimum absolute atomic E-state index is 0.0138. The molecule has 1 aromatic carbocycles. The number of nitrogens with zero attached hydrogens (tertiary/aromatic N) is 2. The Morgan fingerprint density at radius 2 is 2.04 bits per heavy atom. The average molecular weight is 387 g/mol.